The molecule has 9 nitrogen and oxygen atoms in total. The summed E-state index contributed by atoms with van der Waals surface area (Å²) in [6.45, 7) is 4.41. The molecule has 0 bridgehead atoms. The van der Waals surface area contributed by atoms with Gasteiger partial charge in [-0.25, -0.2) is 0 Å². The summed E-state index contributed by atoms with van der Waals surface area (Å²) >= 11 is 1.29. The summed E-state index contributed by atoms with van der Waals surface area (Å²) in [5.74, 6) is 1.75. The molecule has 174 valence electrons. The van der Waals surface area contributed by atoms with Gasteiger partial charge in [0.15, 0.2) is 11.0 Å². The minimum Gasteiger partial charge on any atom is -0.497 e. The number of nitrogens with zero attached hydrogens (tertiary/aromatic N) is 3. The SMILES string of the molecule is CCn1c(SCC(=O)Nc2cccc(OC)c2)nnc1[C@@H](C)NC(=O)c1ccc(OC)cc1. The number of carbonyl (C=O) groups excluding carboxylic acids is 2. The van der Waals surface area contributed by atoms with Gasteiger partial charge in [-0.15, -0.1) is 10.2 Å². The van der Waals surface area contributed by atoms with Gasteiger partial charge in [-0.2, -0.15) is 0 Å². The number of rotatable bonds is 10. The predicted molar refractivity (Wildman–Crippen MR) is 127 cm³/mol. The van der Waals surface area contributed by atoms with Crippen LogP contribution in [0.2, 0.25) is 0 Å². The lowest BCUT2D eigenvalue weighted by Gasteiger charge is -2.15. The van der Waals surface area contributed by atoms with Crippen LogP contribution in [-0.2, 0) is 11.3 Å². The Morgan fingerprint density at radius 3 is 2.45 bits per heavy atom. The van der Waals surface area contributed by atoms with E-state index < -0.39 is 0 Å². The van der Waals surface area contributed by atoms with Crippen molar-refractivity contribution in [2.24, 2.45) is 0 Å². The van der Waals surface area contributed by atoms with Gasteiger partial charge in [0, 0.05) is 23.9 Å². The molecule has 0 aliphatic rings. The van der Waals surface area contributed by atoms with Crippen molar-refractivity contribution in [1.82, 2.24) is 20.1 Å². The summed E-state index contributed by atoms with van der Waals surface area (Å²) in [7, 11) is 3.15. The normalized spacial score (nSPS) is 11.5. The minimum atomic E-state index is -0.369. The average molecular weight is 470 g/mol. The molecule has 33 heavy (non-hydrogen) atoms. The fraction of sp³-hybridized carbons (Fsp3) is 0.304. The highest BCUT2D eigenvalue weighted by Gasteiger charge is 2.20. The van der Waals surface area contributed by atoms with E-state index in [1.807, 2.05) is 30.5 Å². The van der Waals surface area contributed by atoms with E-state index in [0.29, 0.717) is 40.3 Å². The van der Waals surface area contributed by atoms with E-state index in [4.69, 9.17) is 9.47 Å². The highest BCUT2D eigenvalue weighted by atomic mass is 32.2. The van der Waals surface area contributed by atoms with E-state index >= 15 is 0 Å². The monoisotopic (exact) mass is 469 g/mol. The van der Waals surface area contributed by atoms with Crippen LogP contribution in [-0.4, -0.2) is 46.6 Å². The second-order valence-electron chi connectivity index (χ2n) is 7.08. The van der Waals surface area contributed by atoms with Crippen LogP contribution in [0.25, 0.3) is 0 Å². The molecule has 2 N–H and O–H groups in total. The van der Waals surface area contributed by atoms with E-state index in [-0.39, 0.29) is 23.6 Å². The van der Waals surface area contributed by atoms with Crippen molar-refractivity contribution in [2.75, 3.05) is 25.3 Å². The predicted octanol–water partition coefficient (Wildman–Crippen LogP) is 3.54. The van der Waals surface area contributed by atoms with Crippen LogP contribution in [0.3, 0.4) is 0 Å². The molecule has 2 amide bonds. The molecule has 0 saturated carbocycles. The van der Waals surface area contributed by atoms with Crippen molar-refractivity contribution in [3.8, 4) is 11.5 Å². The minimum absolute atomic E-state index is 0.165. The fourth-order valence-corrected chi connectivity index (χ4v) is 3.95. The molecule has 0 aliphatic heterocycles. The first-order valence-electron chi connectivity index (χ1n) is 10.4. The van der Waals surface area contributed by atoms with Crippen molar-refractivity contribution in [3.05, 3.63) is 59.9 Å². The van der Waals surface area contributed by atoms with E-state index in [0.717, 1.165) is 0 Å². The molecule has 2 aromatic carbocycles. The lowest BCUT2D eigenvalue weighted by Crippen LogP contribution is -2.28. The highest BCUT2D eigenvalue weighted by molar-refractivity contribution is 7.99. The van der Waals surface area contributed by atoms with Crippen LogP contribution in [0.4, 0.5) is 5.69 Å². The molecular formula is C23H27N5O4S. The van der Waals surface area contributed by atoms with Gasteiger partial charge in [0.25, 0.3) is 5.91 Å². The molecule has 1 heterocycles. The quantitative estimate of drug-likeness (QED) is 0.437. The molecule has 0 spiro atoms. The third-order valence-electron chi connectivity index (χ3n) is 4.83. The summed E-state index contributed by atoms with van der Waals surface area (Å²) in [6.07, 6.45) is 0. The molecule has 0 radical (unpaired) electrons. The van der Waals surface area contributed by atoms with Gasteiger partial charge in [0.05, 0.1) is 26.0 Å². The Bertz CT molecular complexity index is 1100. The van der Waals surface area contributed by atoms with Crippen LogP contribution in [0.1, 0.15) is 36.1 Å². The zero-order valence-electron chi connectivity index (χ0n) is 19.0. The van der Waals surface area contributed by atoms with Crippen molar-refractivity contribution in [1.29, 1.82) is 0 Å². The summed E-state index contributed by atoms with van der Waals surface area (Å²) in [5.41, 5.74) is 1.18. The first kappa shape index (κ1) is 24.1. The topological polar surface area (TPSA) is 107 Å². The largest absolute Gasteiger partial charge is 0.497 e. The number of hydrogen-bond acceptors (Lipinski definition) is 7. The number of anilines is 1. The first-order chi connectivity index (χ1) is 15.9. The number of amides is 2. The third-order valence-corrected chi connectivity index (χ3v) is 5.80. The molecule has 0 aliphatic carbocycles. The lowest BCUT2D eigenvalue weighted by molar-refractivity contribution is -0.113. The molecule has 0 fully saturated rings. The highest BCUT2D eigenvalue weighted by Crippen LogP contribution is 2.22. The number of hydrogen-bond donors (Lipinski definition) is 2. The van der Waals surface area contributed by atoms with Crippen LogP contribution in [0.15, 0.2) is 53.7 Å². The average Bonchev–Trinajstić information content (AvgIpc) is 3.26. The zero-order chi connectivity index (χ0) is 23.8. The van der Waals surface area contributed by atoms with Gasteiger partial charge in [-0.3, -0.25) is 9.59 Å². The summed E-state index contributed by atoms with van der Waals surface area (Å²) in [5, 5.41) is 14.9. The van der Waals surface area contributed by atoms with Crippen molar-refractivity contribution in [2.45, 2.75) is 31.6 Å². The van der Waals surface area contributed by atoms with Gasteiger partial charge in [-0.1, -0.05) is 17.8 Å². The maximum Gasteiger partial charge on any atom is 0.251 e. The molecule has 0 saturated heterocycles. The summed E-state index contributed by atoms with van der Waals surface area (Å²) in [6, 6.07) is 13.7. The molecule has 0 unspecified atom stereocenters. The van der Waals surface area contributed by atoms with Gasteiger partial charge < -0.3 is 24.7 Å². The number of aromatic nitrogens is 3. The summed E-state index contributed by atoms with van der Waals surface area (Å²) in [4.78, 5) is 25.0. The smallest absolute Gasteiger partial charge is 0.251 e. The van der Waals surface area contributed by atoms with Gasteiger partial charge in [0.1, 0.15) is 11.5 Å². The third kappa shape index (κ3) is 6.26. The Hall–Kier alpha value is -3.53. The van der Waals surface area contributed by atoms with E-state index in [2.05, 4.69) is 20.8 Å². The Labute approximate surface area is 196 Å². The van der Waals surface area contributed by atoms with Crippen molar-refractivity contribution < 1.29 is 19.1 Å². The zero-order valence-corrected chi connectivity index (χ0v) is 19.8. The Morgan fingerprint density at radius 2 is 1.79 bits per heavy atom. The maximum absolute atomic E-state index is 12.6. The second kappa shape index (κ2) is 11.4. The fourth-order valence-electron chi connectivity index (χ4n) is 3.14. The van der Waals surface area contributed by atoms with E-state index in [1.165, 1.54) is 11.8 Å². The standard InChI is InChI=1S/C23H27N5O4S/c1-5-28-21(15(2)24-22(30)16-9-11-18(31-3)12-10-16)26-27-23(28)33-14-20(29)25-17-7-6-8-19(13-17)32-4/h6-13,15H,5,14H2,1-4H3,(H,24,30)(H,25,29)/t15-/m1/s1. The number of thioether (sulfide) groups is 1. The number of ether oxygens (including phenoxy) is 2. The lowest BCUT2D eigenvalue weighted by atomic mass is 10.2. The van der Waals surface area contributed by atoms with Crippen LogP contribution in [0.5, 0.6) is 11.5 Å². The Morgan fingerprint density at radius 1 is 1.06 bits per heavy atom. The van der Waals surface area contributed by atoms with Gasteiger partial charge in [0.2, 0.25) is 5.91 Å². The van der Waals surface area contributed by atoms with Crippen LogP contribution in [0, 0.1) is 0 Å². The maximum atomic E-state index is 12.6. The number of nitrogens with one attached hydrogen (secondary N) is 2. The number of carbonyl (C=O) groups is 2. The van der Waals surface area contributed by atoms with E-state index in [9.17, 15) is 9.59 Å². The molecular weight excluding hydrogens is 442 g/mol. The van der Waals surface area contributed by atoms with Crippen molar-refractivity contribution in [3.63, 3.8) is 0 Å². The molecule has 3 rings (SSSR count). The molecule has 10 heteroatoms. The van der Waals surface area contributed by atoms with Gasteiger partial charge >= 0.3 is 0 Å². The van der Waals surface area contributed by atoms with Crippen LogP contribution < -0.4 is 20.1 Å². The Kier molecular flexibility index (Phi) is 8.31. The van der Waals surface area contributed by atoms with Gasteiger partial charge in [-0.05, 0) is 50.2 Å². The van der Waals surface area contributed by atoms with E-state index in [1.54, 1.807) is 50.6 Å². The number of benzene rings is 2. The molecule has 3 aromatic rings. The number of methoxy groups -OCH3 is 2. The Balaban J connectivity index is 1.61. The molecule has 1 aromatic heterocycles. The molecule has 1 atom stereocenters. The van der Waals surface area contributed by atoms with Crippen molar-refractivity contribution >= 4 is 29.3 Å². The summed E-state index contributed by atoms with van der Waals surface area (Å²) < 4.78 is 12.2. The second-order valence-corrected chi connectivity index (χ2v) is 8.02. The first-order valence-corrected chi connectivity index (χ1v) is 11.4. The van der Waals surface area contributed by atoms with Crippen LogP contribution >= 0.6 is 11.8 Å².